The van der Waals surface area contributed by atoms with Crippen LogP contribution in [0.2, 0.25) is 0 Å². The van der Waals surface area contributed by atoms with E-state index in [0.29, 0.717) is 0 Å². The fourth-order valence-corrected chi connectivity index (χ4v) is 2.74. The van der Waals surface area contributed by atoms with Crippen LogP contribution in [0.25, 0.3) is 0 Å². The lowest BCUT2D eigenvalue weighted by molar-refractivity contribution is -0.235. The van der Waals surface area contributed by atoms with Crippen LogP contribution in [0.1, 0.15) is 38.0 Å². The van der Waals surface area contributed by atoms with Crippen LogP contribution in [0, 0.1) is 5.41 Å². The molecule has 1 saturated heterocycles. The standard InChI is InChI=1S/C16H20O3/c1-12-6-8-16(9-7-12)10-18-15(19-11-16)13-2-4-14(17)5-3-13/h2-6,15,17H,7-11H2,1H3. The van der Waals surface area contributed by atoms with Crippen LogP contribution in [0.4, 0.5) is 0 Å². The predicted octanol–water partition coefficient (Wildman–Crippen LogP) is 3.55. The fraction of sp³-hybridized carbons (Fsp3) is 0.500. The Labute approximate surface area is 113 Å². The molecule has 1 fully saturated rings. The number of aromatic hydroxyl groups is 1. The molecule has 1 aliphatic carbocycles. The number of phenolic OH excluding ortho intramolecular Hbond substituents is 1. The zero-order chi connectivity index (χ0) is 13.3. The third kappa shape index (κ3) is 2.67. The summed E-state index contributed by atoms with van der Waals surface area (Å²) in [5.74, 6) is 0.268. The Balaban J connectivity index is 1.65. The molecule has 1 N–H and O–H groups in total. The molecule has 3 nitrogen and oxygen atoms in total. The summed E-state index contributed by atoms with van der Waals surface area (Å²) < 4.78 is 11.8. The van der Waals surface area contributed by atoms with Gasteiger partial charge < -0.3 is 14.6 Å². The van der Waals surface area contributed by atoms with Crippen LogP contribution >= 0.6 is 0 Å². The average molecular weight is 260 g/mol. The highest BCUT2D eigenvalue weighted by molar-refractivity contribution is 5.26. The lowest BCUT2D eigenvalue weighted by atomic mass is 9.76. The van der Waals surface area contributed by atoms with Gasteiger partial charge >= 0.3 is 0 Å². The minimum atomic E-state index is -0.293. The molecule has 1 aliphatic heterocycles. The molecule has 3 heteroatoms. The molecule has 0 aromatic heterocycles. The minimum absolute atomic E-state index is 0.174. The summed E-state index contributed by atoms with van der Waals surface area (Å²) in [6, 6.07) is 7.03. The van der Waals surface area contributed by atoms with Crippen molar-refractivity contribution in [2.75, 3.05) is 13.2 Å². The first-order valence-corrected chi connectivity index (χ1v) is 6.85. The van der Waals surface area contributed by atoms with Gasteiger partial charge in [0.1, 0.15) is 5.75 Å². The third-order valence-corrected chi connectivity index (χ3v) is 4.18. The molecule has 102 valence electrons. The van der Waals surface area contributed by atoms with Crippen molar-refractivity contribution in [3.63, 3.8) is 0 Å². The molecule has 1 spiro atoms. The number of phenols is 1. The second-order valence-corrected chi connectivity index (χ2v) is 5.80. The minimum Gasteiger partial charge on any atom is -0.508 e. The Morgan fingerprint density at radius 2 is 1.84 bits per heavy atom. The van der Waals surface area contributed by atoms with E-state index in [-0.39, 0.29) is 17.5 Å². The highest BCUT2D eigenvalue weighted by atomic mass is 16.7. The molecule has 0 amide bonds. The van der Waals surface area contributed by atoms with Crippen LogP contribution in [0.15, 0.2) is 35.9 Å². The summed E-state index contributed by atoms with van der Waals surface area (Å²) in [6.07, 6.45) is 5.38. The Hall–Kier alpha value is -1.32. The second kappa shape index (κ2) is 4.99. The largest absolute Gasteiger partial charge is 0.508 e. The van der Waals surface area contributed by atoms with E-state index in [1.54, 1.807) is 12.1 Å². The molecule has 19 heavy (non-hydrogen) atoms. The maximum atomic E-state index is 9.29. The van der Waals surface area contributed by atoms with Gasteiger partial charge in [0.2, 0.25) is 0 Å². The summed E-state index contributed by atoms with van der Waals surface area (Å²) in [4.78, 5) is 0. The first-order valence-electron chi connectivity index (χ1n) is 6.85. The van der Waals surface area contributed by atoms with E-state index < -0.39 is 0 Å². The van der Waals surface area contributed by atoms with E-state index in [1.807, 2.05) is 12.1 Å². The molecule has 0 radical (unpaired) electrons. The van der Waals surface area contributed by atoms with Crippen molar-refractivity contribution >= 4 is 0 Å². The van der Waals surface area contributed by atoms with Gasteiger partial charge in [-0.1, -0.05) is 23.8 Å². The van der Waals surface area contributed by atoms with Crippen LogP contribution in [-0.2, 0) is 9.47 Å². The lowest BCUT2D eigenvalue weighted by Gasteiger charge is -2.41. The predicted molar refractivity (Wildman–Crippen MR) is 72.8 cm³/mol. The van der Waals surface area contributed by atoms with Gasteiger partial charge in [0.25, 0.3) is 0 Å². The summed E-state index contributed by atoms with van der Waals surface area (Å²) in [5, 5.41) is 9.29. The number of ether oxygens (including phenoxy) is 2. The van der Waals surface area contributed by atoms with E-state index in [2.05, 4.69) is 13.0 Å². The van der Waals surface area contributed by atoms with Crippen molar-refractivity contribution in [2.24, 2.45) is 5.41 Å². The molecule has 2 aliphatic rings. The Bertz CT molecular complexity index is 467. The normalized spacial score (nSPS) is 31.2. The van der Waals surface area contributed by atoms with Crippen LogP contribution in [-0.4, -0.2) is 18.3 Å². The van der Waals surface area contributed by atoms with Crippen LogP contribution in [0.3, 0.4) is 0 Å². The van der Waals surface area contributed by atoms with E-state index in [0.717, 1.165) is 38.0 Å². The van der Waals surface area contributed by atoms with Gasteiger partial charge in [-0.25, -0.2) is 0 Å². The Kier molecular flexibility index (Phi) is 3.33. The number of benzene rings is 1. The van der Waals surface area contributed by atoms with Gasteiger partial charge in [-0.05, 0) is 38.3 Å². The van der Waals surface area contributed by atoms with Gasteiger partial charge in [-0.3, -0.25) is 0 Å². The van der Waals surface area contributed by atoms with Crippen molar-refractivity contribution in [1.29, 1.82) is 0 Å². The monoisotopic (exact) mass is 260 g/mol. The van der Waals surface area contributed by atoms with Crippen molar-refractivity contribution in [3.8, 4) is 5.75 Å². The van der Waals surface area contributed by atoms with Crippen molar-refractivity contribution in [1.82, 2.24) is 0 Å². The van der Waals surface area contributed by atoms with Crippen molar-refractivity contribution in [2.45, 2.75) is 32.5 Å². The van der Waals surface area contributed by atoms with E-state index in [4.69, 9.17) is 9.47 Å². The summed E-state index contributed by atoms with van der Waals surface area (Å²) in [5.41, 5.74) is 2.62. The molecule has 1 heterocycles. The molecule has 1 aromatic carbocycles. The molecule has 0 atom stereocenters. The van der Waals surface area contributed by atoms with E-state index in [1.165, 1.54) is 5.57 Å². The van der Waals surface area contributed by atoms with Crippen LogP contribution in [0.5, 0.6) is 5.75 Å². The molecule has 0 saturated carbocycles. The second-order valence-electron chi connectivity index (χ2n) is 5.80. The maximum Gasteiger partial charge on any atom is 0.183 e. The zero-order valence-electron chi connectivity index (χ0n) is 11.3. The summed E-state index contributed by atoms with van der Waals surface area (Å²) in [6.45, 7) is 3.70. The molecular formula is C16H20O3. The molecule has 3 rings (SSSR count). The topological polar surface area (TPSA) is 38.7 Å². The average Bonchev–Trinajstić information content (AvgIpc) is 2.44. The quantitative estimate of drug-likeness (QED) is 0.785. The van der Waals surface area contributed by atoms with Gasteiger partial charge in [-0.15, -0.1) is 0 Å². The van der Waals surface area contributed by atoms with Gasteiger partial charge in [0, 0.05) is 11.0 Å². The van der Waals surface area contributed by atoms with Crippen molar-refractivity contribution < 1.29 is 14.6 Å². The maximum absolute atomic E-state index is 9.29. The third-order valence-electron chi connectivity index (χ3n) is 4.18. The van der Waals surface area contributed by atoms with E-state index in [9.17, 15) is 5.11 Å². The van der Waals surface area contributed by atoms with Gasteiger partial charge in [0.15, 0.2) is 6.29 Å². The highest BCUT2D eigenvalue weighted by Crippen LogP contribution is 2.41. The Morgan fingerprint density at radius 1 is 1.16 bits per heavy atom. The highest BCUT2D eigenvalue weighted by Gasteiger charge is 2.37. The molecule has 0 bridgehead atoms. The van der Waals surface area contributed by atoms with Crippen LogP contribution < -0.4 is 0 Å². The number of rotatable bonds is 1. The molecular weight excluding hydrogens is 240 g/mol. The first-order chi connectivity index (χ1) is 9.17. The smallest absolute Gasteiger partial charge is 0.183 e. The molecule has 1 aromatic rings. The SMILES string of the molecule is CC1=CCC2(CC1)COC(c1ccc(O)cc1)OC2. The van der Waals surface area contributed by atoms with Crippen molar-refractivity contribution in [3.05, 3.63) is 41.5 Å². The summed E-state index contributed by atoms with van der Waals surface area (Å²) in [7, 11) is 0. The summed E-state index contributed by atoms with van der Waals surface area (Å²) >= 11 is 0. The first kappa shape index (κ1) is 12.7. The number of hydrogen-bond acceptors (Lipinski definition) is 3. The van der Waals surface area contributed by atoms with E-state index >= 15 is 0 Å². The number of hydrogen-bond donors (Lipinski definition) is 1. The van der Waals surface area contributed by atoms with Gasteiger partial charge in [0.05, 0.1) is 13.2 Å². The molecule has 0 unspecified atom stereocenters. The zero-order valence-corrected chi connectivity index (χ0v) is 11.3. The van der Waals surface area contributed by atoms with Gasteiger partial charge in [-0.2, -0.15) is 0 Å². The lowest BCUT2D eigenvalue weighted by Crippen LogP contribution is -2.39. The fourth-order valence-electron chi connectivity index (χ4n) is 2.74. The number of allylic oxidation sites excluding steroid dienone is 2. The Morgan fingerprint density at radius 3 is 2.42 bits per heavy atom.